The Bertz CT molecular complexity index is 372. The maximum absolute atomic E-state index is 11.6. The molecule has 0 heterocycles. The van der Waals surface area contributed by atoms with E-state index in [1.54, 1.807) is 12.1 Å². The van der Waals surface area contributed by atoms with Gasteiger partial charge in [-0.15, -0.1) is 0 Å². The molecule has 16 heavy (non-hydrogen) atoms. The normalized spacial score (nSPS) is 10.6. The van der Waals surface area contributed by atoms with Crippen molar-refractivity contribution in [2.75, 3.05) is 6.61 Å². The van der Waals surface area contributed by atoms with Crippen molar-refractivity contribution in [2.45, 2.75) is 19.8 Å². The Balaban J connectivity index is 2.46. The molecule has 3 heteroatoms. The highest BCUT2D eigenvalue weighted by atomic mass is 79.9. The molecule has 1 aromatic rings. The summed E-state index contributed by atoms with van der Waals surface area (Å²) < 4.78 is 6.08. The predicted octanol–water partition coefficient (Wildman–Crippen LogP) is 3.96. The van der Waals surface area contributed by atoms with Crippen molar-refractivity contribution in [1.82, 2.24) is 0 Å². The molecule has 1 aromatic carbocycles. The van der Waals surface area contributed by atoms with Crippen LogP contribution in [0, 0.1) is 0 Å². The van der Waals surface area contributed by atoms with Crippen molar-refractivity contribution in [3.63, 3.8) is 0 Å². The first-order valence-electron chi connectivity index (χ1n) is 5.32. The number of carbonyl (C=O) groups is 1. The number of halogens is 1. The lowest BCUT2D eigenvalue weighted by Crippen LogP contribution is -1.94. The van der Waals surface area contributed by atoms with Crippen molar-refractivity contribution in [3.8, 4) is 0 Å². The first-order valence-corrected chi connectivity index (χ1v) is 6.11. The fourth-order valence-electron chi connectivity index (χ4n) is 1.14. The fourth-order valence-corrected chi connectivity index (χ4v) is 1.54. The SMILES string of the molecule is CCCCOC=CC(=O)c1cccc(Br)c1. The van der Waals surface area contributed by atoms with Crippen LogP contribution in [0.25, 0.3) is 0 Å². The number of ether oxygens (including phenoxy) is 1. The third-order valence-electron chi connectivity index (χ3n) is 2.04. The smallest absolute Gasteiger partial charge is 0.188 e. The number of hydrogen-bond acceptors (Lipinski definition) is 2. The highest BCUT2D eigenvalue weighted by Crippen LogP contribution is 2.12. The zero-order valence-electron chi connectivity index (χ0n) is 9.28. The molecule has 0 N–H and O–H groups in total. The minimum absolute atomic E-state index is 0.0437. The number of ketones is 1. The number of benzene rings is 1. The van der Waals surface area contributed by atoms with Crippen LogP contribution in [-0.4, -0.2) is 12.4 Å². The number of hydrogen-bond donors (Lipinski definition) is 0. The highest BCUT2D eigenvalue weighted by molar-refractivity contribution is 9.10. The molecule has 0 amide bonds. The van der Waals surface area contributed by atoms with Crippen molar-refractivity contribution in [1.29, 1.82) is 0 Å². The minimum atomic E-state index is -0.0437. The van der Waals surface area contributed by atoms with Crippen molar-refractivity contribution >= 4 is 21.7 Å². The van der Waals surface area contributed by atoms with Crippen LogP contribution in [-0.2, 0) is 4.74 Å². The summed E-state index contributed by atoms with van der Waals surface area (Å²) in [5.74, 6) is -0.0437. The van der Waals surface area contributed by atoms with Gasteiger partial charge in [0.2, 0.25) is 0 Å². The molecular formula is C13H15BrO2. The third-order valence-corrected chi connectivity index (χ3v) is 2.53. The van der Waals surface area contributed by atoms with Crippen LogP contribution in [0.1, 0.15) is 30.1 Å². The lowest BCUT2D eigenvalue weighted by atomic mass is 10.1. The first kappa shape index (κ1) is 13.0. The van der Waals surface area contributed by atoms with E-state index in [0.717, 1.165) is 17.3 Å². The summed E-state index contributed by atoms with van der Waals surface area (Å²) in [6.07, 6.45) is 5.03. The molecule has 0 saturated heterocycles. The number of rotatable bonds is 6. The van der Waals surface area contributed by atoms with Crippen LogP contribution in [0.3, 0.4) is 0 Å². The molecule has 0 atom stereocenters. The van der Waals surface area contributed by atoms with Crippen LogP contribution in [0.4, 0.5) is 0 Å². The largest absolute Gasteiger partial charge is 0.501 e. The molecular weight excluding hydrogens is 268 g/mol. The van der Waals surface area contributed by atoms with Gasteiger partial charge >= 0.3 is 0 Å². The van der Waals surface area contributed by atoms with E-state index in [-0.39, 0.29) is 5.78 Å². The molecule has 86 valence electrons. The van der Waals surface area contributed by atoms with Gasteiger partial charge in [-0.25, -0.2) is 0 Å². The lowest BCUT2D eigenvalue weighted by molar-refractivity contribution is 0.104. The van der Waals surface area contributed by atoms with Gasteiger partial charge in [0, 0.05) is 16.1 Å². The van der Waals surface area contributed by atoms with E-state index in [0.29, 0.717) is 12.2 Å². The van der Waals surface area contributed by atoms with Crippen molar-refractivity contribution in [2.24, 2.45) is 0 Å². The molecule has 0 aromatic heterocycles. The van der Waals surface area contributed by atoms with Gasteiger partial charge < -0.3 is 4.74 Å². The van der Waals surface area contributed by atoms with Gasteiger partial charge in [-0.1, -0.05) is 41.4 Å². The van der Waals surface area contributed by atoms with Crippen LogP contribution in [0.2, 0.25) is 0 Å². The highest BCUT2D eigenvalue weighted by Gasteiger charge is 2.01. The summed E-state index contributed by atoms with van der Waals surface area (Å²) >= 11 is 3.33. The average Bonchev–Trinajstić information content (AvgIpc) is 2.28. The van der Waals surface area contributed by atoms with Gasteiger partial charge in [0.15, 0.2) is 5.78 Å². The maximum Gasteiger partial charge on any atom is 0.188 e. The predicted molar refractivity (Wildman–Crippen MR) is 68.5 cm³/mol. The van der Waals surface area contributed by atoms with E-state index < -0.39 is 0 Å². The molecule has 0 aliphatic rings. The van der Waals surface area contributed by atoms with E-state index in [2.05, 4.69) is 22.9 Å². The van der Waals surface area contributed by atoms with E-state index in [9.17, 15) is 4.79 Å². The van der Waals surface area contributed by atoms with Crippen molar-refractivity contribution < 1.29 is 9.53 Å². The second kappa shape index (κ2) is 7.23. The Hall–Kier alpha value is -1.09. The topological polar surface area (TPSA) is 26.3 Å². The first-order chi connectivity index (χ1) is 7.74. The second-order valence-electron chi connectivity index (χ2n) is 3.40. The van der Waals surface area contributed by atoms with Gasteiger partial charge in [0.05, 0.1) is 12.9 Å². The second-order valence-corrected chi connectivity index (χ2v) is 4.32. The third kappa shape index (κ3) is 4.62. The van der Waals surface area contributed by atoms with E-state index in [4.69, 9.17) is 4.74 Å². The summed E-state index contributed by atoms with van der Waals surface area (Å²) in [4.78, 5) is 11.6. The quantitative estimate of drug-likeness (QED) is 0.342. The molecule has 0 bridgehead atoms. The summed E-state index contributed by atoms with van der Waals surface area (Å²) in [5.41, 5.74) is 0.657. The van der Waals surface area contributed by atoms with Crippen LogP contribution >= 0.6 is 15.9 Å². The molecule has 0 spiro atoms. The van der Waals surface area contributed by atoms with Gasteiger partial charge in [-0.3, -0.25) is 4.79 Å². The Morgan fingerprint density at radius 3 is 3.00 bits per heavy atom. The van der Waals surface area contributed by atoms with Crippen LogP contribution in [0.5, 0.6) is 0 Å². The standard InChI is InChI=1S/C13H15BrO2/c1-2-3-8-16-9-7-13(15)11-5-4-6-12(14)10-11/h4-7,9-10H,2-3,8H2,1H3. The van der Waals surface area contributed by atoms with Gasteiger partial charge in [0.1, 0.15) is 0 Å². The Kier molecular flexibility index (Phi) is 5.86. The molecule has 1 rings (SSSR count). The minimum Gasteiger partial charge on any atom is -0.501 e. The number of allylic oxidation sites excluding steroid dienone is 1. The number of carbonyl (C=O) groups excluding carboxylic acids is 1. The molecule has 0 saturated carbocycles. The van der Waals surface area contributed by atoms with E-state index >= 15 is 0 Å². The van der Waals surface area contributed by atoms with Crippen molar-refractivity contribution in [3.05, 3.63) is 46.6 Å². The molecule has 0 aliphatic carbocycles. The average molecular weight is 283 g/mol. The van der Waals surface area contributed by atoms with Gasteiger partial charge in [-0.05, 0) is 18.6 Å². The summed E-state index contributed by atoms with van der Waals surface area (Å²) in [7, 11) is 0. The summed E-state index contributed by atoms with van der Waals surface area (Å²) in [6, 6.07) is 7.30. The van der Waals surface area contributed by atoms with E-state index in [1.807, 2.05) is 12.1 Å². The number of unbranched alkanes of at least 4 members (excludes halogenated alkanes) is 1. The molecule has 0 radical (unpaired) electrons. The lowest BCUT2D eigenvalue weighted by Gasteiger charge is -1.98. The monoisotopic (exact) mass is 282 g/mol. The molecule has 0 fully saturated rings. The van der Waals surface area contributed by atoms with Gasteiger partial charge in [0.25, 0.3) is 0 Å². The van der Waals surface area contributed by atoms with Crippen LogP contribution < -0.4 is 0 Å². The van der Waals surface area contributed by atoms with Gasteiger partial charge in [-0.2, -0.15) is 0 Å². The Labute approximate surface area is 104 Å². The molecule has 2 nitrogen and oxygen atoms in total. The zero-order valence-corrected chi connectivity index (χ0v) is 10.9. The summed E-state index contributed by atoms with van der Waals surface area (Å²) in [6.45, 7) is 2.76. The molecule has 0 aliphatic heterocycles. The fraction of sp³-hybridized carbons (Fsp3) is 0.308. The molecule has 0 unspecified atom stereocenters. The Morgan fingerprint density at radius 1 is 1.50 bits per heavy atom. The Morgan fingerprint density at radius 2 is 2.31 bits per heavy atom. The van der Waals surface area contributed by atoms with Crippen LogP contribution in [0.15, 0.2) is 41.1 Å². The maximum atomic E-state index is 11.6. The summed E-state index contributed by atoms with van der Waals surface area (Å²) in [5, 5.41) is 0. The zero-order chi connectivity index (χ0) is 11.8. The van der Waals surface area contributed by atoms with E-state index in [1.165, 1.54) is 12.3 Å².